The standard InChI is InChI=1S/C17H20N4O2/c18-15(22)10-23-12-7-8-21(9-12)17-13-3-1-2-4-14(13)19-16(20-17)11-5-6-11/h1-4,11-12H,5-10H2,(H2,18,22). The van der Waals surface area contributed by atoms with E-state index in [9.17, 15) is 4.79 Å². The minimum atomic E-state index is -0.424. The van der Waals surface area contributed by atoms with E-state index in [-0.39, 0.29) is 12.7 Å². The Bertz CT molecular complexity index is 744. The molecule has 1 aromatic heterocycles. The first-order valence-electron chi connectivity index (χ1n) is 8.12. The first-order chi connectivity index (χ1) is 11.2. The summed E-state index contributed by atoms with van der Waals surface area (Å²) in [5.41, 5.74) is 6.15. The monoisotopic (exact) mass is 312 g/mol. The van der Waals surface area contributed by atoms with Crippen molar-refractivity contribution in [2.75, 3.05) is 24.6 Å². The van der Waals surface area contributed by atoms with Crippen LogP contribution < -0.4 is 10.6 Å². The summed E-state index contributed by atoms with van der Waals surface area (Å²) in [6.45, 7) is 1.59. The van der Waals surface area contributed by atoms with Gasteiger partial charge in [0.15, 0.2) is 0 Å². The molecule has 23 heavy (non-hydrogen) atoms. The van der Waals surface area contributed by atoms with E-state index in [0.29, 0.717) is 5.92 Å². The molecule has 6 nitrogen and oxygen atoms in total. The lowest BCUT2D eigenvalue weighted by molar-refractivity contribution is -0.124. The van der Waals surface area contributed by atoms with Crippen LogP contribution >= 0.6 is 0 Å². The van der Waals surface area contributed by atoms with Gasteiger partial charge < -0.3 is 15.4 Å². The van der Waals surface area contributed by atoms with E-state index >= 15 is 0 Å². The van der Waals surface area contributed by atoms with E-state index in [1.54, 1.807) is 0 Å². The van der Waals surface area contributed by atoms with Gasteiger partial charge in [0, 0.05) is 24.4 Å². The average Bonchev–Trinajstić information content (AvgIpc) is 3.30. The Balaban J connectivity index is 1.62. The van der Waals surface area contributed by atoms with Crippen LogP contribution in [0.25, 0.3) is 10.9 Å². The highest BCUT2D eigenvalue weighted by molar-refractivity contribution is 5.89. The van der Waals surface area contributed by atoms with Gasteiger partial charge in [0.2, 0.25) is 5.91 Å². The summed E-state index contributed by atoms with van der Waals surface area (Å²) < 4.78 is 5.56. The summed E-state index contributed by atoms with van der Waals surface area (Å²) in [4.78, 5) is 22.7. The van der Waals surface area contributed by atoms with Gasteiger partial charge in [-0.05, 0) is 31.4 Å². The minimum absolute atomic E-state index is 0.0175. The summed E-state index contributed by atoms with van der Waals surface area (Å²) in [6.07, 6.45) is 3.27. The van der Waals surface area contributed by atoms with Crippen molar-refractivity contribution in [2.24, 2.45) is 5.73 Å². The fourth-order valence-corrected chi connectivity index (χ4v) is 3.10. The zero-order chi connectivity index (χ0) is 15.8. The van der Waals surface area contributed by atoms with E-state index in [4.69, 9.17) is 20.4 Å². The highest BCUT2D eigenvalue weighted by Crippen LogP contribution is 2.40. The predicted octanol–water partition coefficient (Wildman–Crippen LogP) is 1.59. The van der Waals surface area contributed by atoms with Crippen LogP contribution in [0.1, 0.15) is 31.0 Å². The van der Waals surface area contributed by atoms with Gasteiger partial charge in [-0.3, -0.25) is 4.79 Å². The molecule has 1 aliphatic heterocycles. The van der Waals surface area contributed by atoms with Gasteiger partial charge in [0.25, 0.3) is 0 Å². The summed E-state index contributed by atoms with van der Waals surface area (Å²) >= 11 is 0. The van der Waals surface area contributed by atoms with Crippen molar-refractivity contribution in [3.63, 3.8) is 0 Å². The largest absolute Gasteiger partial charge is 0.368 e. The fraction of sp³-hybridized carbons (Fsp3) is 0.471. The molecule has 1 saturated heterocycles. The van der Waals surface area contributed by atoms with Gasteiger partial charge in [-0.15, -0.1) is 0 Å². The first-order valence-corrected chi connectivity index (χ1v) is 8.12. The van der Waals surface area contributed by atoms with Gasteiger partial charge >= 0.3 is 0 Å². The molecule has 1 atom stereocenters. The molecule has 2 aromatic rings. The first kappa shape index (κ1) is 14.4. The highest BCUT2D eigenvalue weighted by Gasteiger charge is 2.30. The Morgan fingerprint density at radius 3 is 2.87 bits per heavy atom. The van der Waals surface area contributed by atoms with E-state index < -0.39 is 5.91 Å². The van der Waals surface area contributed by atoms with Crippen LogP contribution in [0.2, 0.25) is 0 Å². The number of aromatic nitrogens is 2. The third kappa shape index (κ3) is 2.99. The van der Waals surface area contributed by atoms with Crippen LogP contribution in [-0.4, -0.2) is 41.7 Å². The van der Waals surface area contributed by atoms with E-state index in [2.05, 4.69) is 11.0 Å². The molecule has 1 aliphatic carbocycles. The molecule has 120 valence electrons. The number of carbonyl (C=O) groups is 1. The molecule has 1 saturated carbocycles. The van der Waals surface area contributed by atoms with E-state index in [1.807, 2.05) is 18.2 Å². The molecule has 1 aromatic carbocycles. The lowest BCUT2D eigenvalue weighted by Gasteiger charge is -2.20. The summed E-state index contributed by atoms with van der Waals surface area (Å²) in [5.74, 6) is 2.04. The number of anilines is 1. The maximum atomic E-state index is 10.9. The number of primary amides is 1. The van der Waals surface area contributed by atoms with Crippen molar-refractivity contribution in [1.29, 1.82) is 0 Å². The Labute approximate surface area is 134 Å². The molecular formula is C17H20N4O2. The zero-order valence-electron chi connectivity index (χ0n) is 12.9. The van der Waals surface area contributed by atoms with Gasteiger partial charge in [-0.1, -0.05) is 12.1 Å². The molecular weight excluding hydrogens is 292 g/mol. The van der Waals surface area contributed by atoms with Crippen LogP contribution in [0, 0.1) is 0 Å². The molecule has 6 heteroatoms. The van der Waals surface area contributed by atoms with E-state index in [1.165, 1.54) is 12.8 Å². The van der Waals surface area contributed by atoms with Crippen molar-refractivity contribution in [2.45, 2.75) is 31.3 Å². The number of para-hydroxylation sites is 1. The van der Waals surface area contributed by atoms with Crippen LogP contribution in [-0.2, 0) is 9.53 Å². The second kappa shape index (κ2) is 5.77. The van der Waals surface area contributed by atoms with Crippen molar-refractivity contribution in [3.8, 4) is 0 Å². The zero-order valence-corrected chi connectivity index (χ0v) is 12.9. The van der Waals surface area contributed by atoms with Crippen molar-refractivity contribution < 1.29 is 9.53 Å². The second-order valence-corrected chi connectivity index (χ2v) is 6.33. The summed E-state index contributed by atoms with van der Waals surface area (Å²) in [5, 5.41) is 1.08. The summed E-state index contributed by atoms with van der Waals surface area (Å²) in [6, 6.07) is 8.14. The number of ether oxygens (including phenoxy) is 1. The number of amides is 1. The Morgan fingerprint density at radius 2 is 2.09 bits per heavy atom. The molecule has 0 spiro atoms. The highest BCUT2D eigenvalue weighted by atomic mass is 16.5. The number of hydrogen-bond acceptors (Lipinski definition) is 5. The second-order valence-electron chi connectivity index (χ2n) is 6.33. The number of benzene rings is 1. The average molecular weight is 312 g/mol. The molecule has 2 N–H and O–H groups in total. The van der Waals surface area contributed by atoms with E-state index in [0.717, 1.165) is 42.1 Å². The molecule has 0 bridgehead atoms. The molecule has 1 amide bonds. The maximum absolute atomic E-state index is 10.9. The number of rotatable bonds is 5. The maximum Gasteiger partial charge on any atom is 0.243 e. The smallest absolute Gasteiger partial charge is 0.243 e. The van der Waals surface area contributed by atoms with Crippen LogP contribution in [0.15, 0.2) is 24.3 Å². The van der Waals surface area contributed by atoms with Crippen molar-refractivity contribution >= 4 is 22.6 Å². The molecule has 2 heterocycles. The van der Waals surface area contributed by atoms with Gasteiger partial charge in [0.1, 0.15) is 18.2 Å². The SMILES string of the molecule is NC(=O)COC1CCN(c2nc(C3CC3)nc3ccccc23)C1. The lowest BCUT2D eigenvalue weighted by atomic mass is 10.2. The van der Waals surface area contributed by atoms with Gasteiger partial charge in [-0.25, -0.2) is 9.97 Å². The number of fused-ring (bicyclic) bond motifs is 1. The normalized spacial score (nSPS) is 21.0. The summed E-state index contributed by atoms with van der Waals surface area (Å²) in [7, 11) is 0. The van der Waals surface area contributed by atoms with Crippen molar-refractivity contribution in [3.05, 3.63) is 30.1 Å². The van der Waals surface area contributed by atoms with Gasteiger partial charge in [0.05, 0.1) is 11.6 Å². The minimum Gasteiger partial charge on any atom is -0.368 e. The molecule has 2 fully saturated rings. The number of nitrogens with zero attached hydrogens (tertiary/aromatic N) is 3. The molecule has 1 unspecified atom stereocenters. The third-order valence-electron chi connectivity index (χ3n) is 4.45. The Morgan fingerprint density at radius 1 is 1.26 bits per heavy atom. The Hall–Kier alpha value is -2.21. The predicted molar refractivity (Wildman–Crippen MR) is 87.3 cm³/mol. The van der Waals surface area contributed by atoms with Crippen LogP contribution in [0.3, 0.4) is 0 Å². The third-order valence-corrected chi connectivity index (χ3v) is 4.45. The van der Waals surface area contributed by atoms with Crippen LogP contribution in [0.4, 0.5) is 5.82 Å². The van der Waals surface area contributed by atoms with Crippen molar-refractivity contribution in [1.82, 2.24) is 9.97 Å². The number of hydrogen-bond donors (Lipinski definition) is 1. The molecule has 2 aliphatic rings. The fourth-order valence-electron chi connectivity index (χ4n) is 3.10. The topological polar surface area (TPSA) is 81.3 Å². The quantitative estimate of drug-likeness (QED) is 0.906. The van der Waals surface area contributed by atoms with Crippen LogP contribution in [0.5, 0.6) is 0 Å². The molecule has 0 radical (unpaired) electrons. The molecule has 4 rings (SSSR count). The number of carbonyl (C=O) groups excluding carboxylic acids is 1. The number of nitrogens with two attached hydrogens (primary N) is 1. The Kier molecular flexibility index (Phi) is 3.61. The lowest BCUT2D eigenvalue weighted by Crippen LogP contribution is -2.27. The van der Waals surface area contributed by atoms with Gasteiger partial charge in [-0.2, -0.15) is 0 Å².